The van der Waals surface area contributed by atoms with Crippen molar-refractivity contribution in [2.45, 2.75) is 12.3 Å². The van der Waals surface area contributed by atoms with Gasteiger partial charge >= 0.3 is 6.18 Å². The highest BCUT2D eigenvalue weighted by molar-refractivity contribution is 7.08. The van der Waals surface area contributed by atoms with Crippen molar-refractivity contribution in [2.75, 3.05) is 0 Å². The average molecular weight is 263 g/mol. The topological polar surface area (TPSA) is 50.9 Å². The summed E-state index contributed by atoms with van der Waals surface area (Å²) in [6, 6.07) is 0. The molecule has 0 saturated heterocycles. The van der Waals surface area contributed by atoms with Gasteiger partial charge in [0.1, 0.15) is 11.8 Å². The quantitative estimate of drug-likeness (QED) is 0.901. The summed E-state index contributed by atoms with van der Waals surface area (Å²) in [6.07, 6.45) is -4.65. The Balaban J connectivity index is 2.38. The summed E-state index contributed by atoms with van der Waals surface area (Å²) < 4.78 is 37.9. The highest BCUT2D eigenvalue weighted by Crippen LogP contribution is 2.38. The van der Waals surface area contributed by atoms with Gasteiger partial charge in [-0.2, -0.15) is 39.5 Å². The lowest BCUT2D eigenvalue weighted by molar-refractivity contribution is -0.138. The van der Waals surface area contributed by atoms with Gasteiger partial charge in [-0.3, -0.25) is 0 Å². The summed E-state index contributed by atoms with van der Waals surface area (Å²) in [5, 5.41) is 19.6. The van der Waals surface area contributed by atoms with E-state index in [1.165, 1.54) is 23.4 Å². The number of aliphatic hydroxyl groups excluding tert-OH is 1. The van der Waals surface area contributed by atoms with Crippen LogP contribution in [0.1, 0.15) is 22.9 Å². The van der Waals surface area contributed by atoms with E-state index < -0.39 is 17.8 Å². The highest BCUT2D eigenvalue weighted by Gasteiger charge is 2.36. The maximum Gasteiger partial charge on any atom is 0.417 e. The highest BCUT2D eigenvalue weighted by atomic mass is 32.1. The van der Waals surface area contributed by atoms with Crippen molar-refractivity contribution in [2.24, 2.45) is 7.05 Å². The molecule has 2 aromatic heterocycles. The second kappa shape index (κ2) is 4.11. The minimum atomic E-state index is -4.47. The molecule has 0 amide bonds. The van der Waals surface area contributed by atoms with Gasteiger partial charge in [0.15, 0.2) is 0 Å². The van der Waals surface area contributed by atoms with E-state index >= 15 is 0 Å². The standard InChI is InChI=1S/C9H8F3N3OS/c1-15-13-2-7(14-15)8(16)5-3-17-4-6(5)9(10,11)12/h2-4,8,16H,1H3. The predicted octanol–water partition coefficient (Wildman–Crippen LogP) is 1.98. The summed E-state index contributed by atoms with van der Waals surface area (Å²) in [5.74, 6) is 0. The molecule has 0 fully saturated rings. The summed E-state index contributed by atoms with van der Waals surface area (Å²) in [5.41, 5.74) is -0.931. The molecule has 0 spiro atoms. The Kier molecular flexibility index (Phi) is 2.92. The van der Waals surface area contributed by atoms with Crippen LogP contribution in [0.25, 0.3) is 0 Å². The Morgan fingerprint density at radius 2 is 2.12 bits per heavy atom. The summed E-state index contributed by atoms with van der Waals surface area (Å²) >= 11 is 0.888. The van der Waals surface area contributed by atoms with Crippen LogP contribution in [-0.4, -0.2) is 20.1 Å². The molecule has 0 aliphatic rings. The number of hydrogen-bond acceptors (Lipinski definition) is 4. The maximum absolute atomic E-state index is 12.6. The number of hydrogen-bond donors (Lipinski definition) is 1. The number of aliphatic hydroxyl groups is 1. The van der Waals surface area contributed by atoms with Crippen LogP contribution in [0.15, 0.2) is 17.0 Å². The molecule has 17 heavy (non-hydrogen) atoms. The number of aryl methyl sites for hydroxylation is 1. The van der Waals surface area contributed by atoms with E-state index in [9.17, 15) is 18.3 Å². The Morgan fingerprint density at radius 1 is 1.41 bits per heavy atom. The fraction of sp³-hybridized carbons (Fsp3) is 0.333. The second-order valence-corrected chi connectivity index (χ2v) is 4.14. The van der Waals surface area contributed by atoms with Crippen LogP contribution in [0.5, 0.6) is 0 Å². The first kappa shape index (κ1) is 12.1. The first-order chi connectivity index (χ1) is 7.89. The van der Waals surface area contributed by atoms with E-state index in [-0.39, 0.29) is 11.3 Å². The van der Waals surface area contributed by atoms with Crippen molar-refractivity contribution in [3.05, 3.63) is 33.8 Å². The summed E-state index contributed by atoms with van der Waals surface area (Å²) in [7, 11) is 1.52. The molecule has 4 nitrogen and oxygen atoms in total. The summed E-state index contributed by atoms with van der Waals surface area (Å²) in [6.45, 7) is 0. The van der Waals surface area contributed by atoms with Gasteiger partial charge in [-0.1, -0.05) is 0 Å². The van der Waals surface area contributed by atoms with E-state index in [1.54, 1.807) is 0 Å². The molecule has 92 valence electrons. The van der Waals surface area contributed by atoms with Crippen LogP contribution in [0.2, 0.25) is 0 Å². The molecule has 1 N–H and O–H groups in total. The Bertz CT molecular complexity index is 520. The summed E-state index contributed by atoms with van der Waals surface area (Å²) in [4.78, 5) is 1.18. The third kappa shape index (κ3) is 2.32. The van der Waals surface area contributed by atoms with Gasteiger partial charge in [-0.25, -0.2) is 0 Å². The van der Waals surface area contributed by atoms with Gasteiger partial charge in [-0.05, 0) is 5.38 Å². The molecule has 0 aliphatic carbocycles. The number of nitrogens with zero attached hydrogens (tertiary/aromatic N) is 3. The molecular weight excluding hydrogens is 255 g/mol. The van der Waals surface area contributed by atoms with E-state index in [2.05, 4.69) is 10.2 Å². The molecule has 0 saturated carbocycles. The fourth-order valence-corrected chi connectivity index (χ4v) is 2.27. The van der Waals surface area contributed by atoms with Gasteiger partial charge in [-0.15, -0.1) is 0 Å². The molecule has 1 atom stereocenters. The number of halogens is 3. The van der Waals surface area contributed by atoms with E-state index in [0.29, 0.717) is 0 Å². The molecule has 2 aromatic rings. The van der Waals surface area contributed by atoms with Crippen LogP contribution in [0, 0.1) is 0 Å². The third-order valence-corrected chi connectivity index (χ3v) is 2.95. The van der Waals surface area contributed by atoms with Crippen LogP contribution >= 0.6 is 11.3 Å². The second-order valence-electron chi connectivity index (χ2n) is 3.40. The smallest absolute Gasteiger partial charge is 0.382 e. The molecule has 0 radical (unpaired) electrons. The van der Waals surface area contributed by atoms with Crippen LogP contribution in [0.4, 0.5) is 13.2 Å². The van der Waals surface area contributed by atoms with E-state index in [1.807, 2.05) is 0 Å². The van der Waals surface area contributed by atoms with Gasteiger partial charge < -0.3 is 5.11 Å². The van der Waals surface area contributed by atoms with Gasteiger partial charge in [0, 0.05) is 18.0 Å². The first-order valence-electron chi connectivity index (χ1n) is 4.57. The van der Waals surface area contributed by atoms with Crippen molar-refractivity contribution in [1.29, 1.82) is 0 Å². The molecule has 1 unspecified atom stereocenters. The Hall–Kier alpha value is -1.41. The zero-order chi connectivity index (χ0) is 12.6. The normalized spacial score (nSPS) is 13.9. The maximum atomic E-state index is 12.6. The minimum Gasteiger partial charge on any atom is -0.382 e. The predicted molar refractivity (Wildman–Crippen MR) is 54.4 cm³/mol. The molecule has 0 aliphatic heterocycles. The van der Waals surface area contributed by atoms with Crippen LogP contribution < -0.4 is 0 Å². The zero-order valence-corrected chi connectivity index (χ0v) is 9.46. The van der Waals surface area contributed by atoms with Crippen molar-refractivity contribution in [1.82, 2.24) is 15.0 Å². The monoisotopic (exact) mass is 263 g/mol. The van der Waals surface area contributed by atoms with Crippen molar-refractivity contribution < 1.29 is 18.3 Å². The van der Waals surface area contributed by atoms with Gasteiger partial charge in [0.25, 0.3) is 0 Å². The van der Waals surface area contributed by atoms with Crippen molar-refractivity contribution in [3.63, 3.8) is 0 Å². The van der Waals surface area contributed by atoms with Crippen molar-refractivity contribution >= 4 is 11.3 Å². The van der Waals surface area contributed by atoms with E-state index in [0.717, 1.165) is 16.7 Å². The lowest BCUT2D eigenvalue weighted by Crippen LogP contribution is -2.10. The minimum absolute atomic E-state index is 0.0939. The molecular formula is C9H8F3N3OS. The number of thiophene rings is 1. The lowest BCUT2D eigenvalue weighted by Gasteiger charge is -2.11. The molecule has 0 aromatic carbocycles. The number of aromatic nitrogens is 3. The van der Waals surface area contributed by atoms with Crippen molar-refractivity contribution in [3.8, 4) is 0 Å². The first-order valence-corrected chi connectivity index (χ1v) is 5.51. The molecule has 0 bridgehead atoms. The molecule has 8 heteroatoms. The Labute approximate surface area is 98.3 Å². The Morgan fingerprint density at radius 3 is 2.65 bits per heavy atom. The lowest BCUT2D eigenvalue weighted by atomic mass is 10.1. The van der Waals surface area contributed by atoms with Gasteiger partial charge in [0.05, 0.1) is 11.8 Å². The largest absolute Gasteiger partial charge is 0.417 e. The molecule has 2 rings (SSSR count). The van der Waals surface area contributed by atoms with E-state index in [4.69, 9.17) is 0 Å². The fourth-order valence-electron chi connectivity index (χ4n) is 1.40. The zero-order valence-electron chi connectivity index (χ0n) is 8.64. The van der Waals surface area contributed by atoms with Crippen LogP contribution in [-0.2, 0) is 13.2 Å². The number of alkyl halides is 3. The SMILES string of the molecule is Cn1ncc(C(O)c2cscc2C(F)(F)F)n1. The third-order valence-electron chi connectivity index (χ3n) is 2.19. The number of rotatable bonds is 2. The van der Waals surface area contributed by atoms with Gasteiger partial charge in [0.2, 0.25) is 0 Å². The molecule has 2 heterocycles. The van der Waals surface area contributed by atoms with Crippen LogP contribution in [0.3, 0.4) is 0 Å². The average Bonchev–Trinajstić information content (AvgIpc) is 2.83.